The van der Waals surface area contributed by atoms with Gasteiger partial charge in [0.1, 0.15) is 11.3 Å². The molecule has 7 heteroatoms. The molecule has 0 radical (unpaired) electrons. The van der Waals surface area contributed by atoms with E-state index >= 15 is 0 Å². The van der Waals surface area contributed by atoms with Gasteiger partial charge in [0.15, 0.2) is 6.34 Å². The van der Waals surface area contributed by atoms with Crippen LogP contribution in [0.2, 0.25) is 0 Å². The van der Waals surface area contributed by atoms with Crippen molar-refractivity contribution in [3.05, 3.63) is 49.1 Å². The fourth-order valence-electron chi connectivity index (χ4n) is 2.14. The average molecular weight is 253 g/mol. The minimum Gasteiger partial charge on any atom is -0.344 e. The van der Waals surface area contributed by atoms with Crippen molar-refractivity contribution >= 4 is 23.1 Å². The number of aromatic amines is 1. The summed E-state index contributed by atoms with van der Waals surface area (Å²) in [5.41, 5.74) is 4.75. The van der Waals surface area contributed by atoms with E-state index in [1.807, 2.05) is 57.8 Å². The van der Waals surface area contributed by atoms with Crippen LogP contribution in [0.1, 0.15) is 0 Å². The van der Waals surface area contributed by atoms with Gasteiger partial charge < -0.3 is 4.98 Å². The van der Waals surface area contributed by atoms with Gasteiger partial charge in [-0.05, 0) is 24.3 Å². The van der Waals surface area contributed by atoms with Crippen molar-refractivity contribution in [1.29, 1.82) is 0 Å². The van der Waals surface area contributed by atoms with Gasteiger partial charge >= 0.3 is 0 Å². The second-order valence-electron chi connectivity index (χ2n) is 4.11. The van der Waals surface area contributed by atoms with Crippen molar-refractivity contribution in [3.63, 3.8) is 0 Å². The van der Waals surface area contributed by atoms with Crippen molar-refractivity contribution in [3.8, 4) is 0 Å². The van der Waals surface area contributed by atoms with E-state index in [9.17, 15) is 0 Å². The monoisotopic (exact) mass is 253 g/mol. The molecule has 0 fully saturated rings. The first-order valence-electron chi connectivity index (χ1n) is 5.87. The maximum absolute atomic E-state index is 4.28. The molecule has 0 spiro atoms. The molecule has 7 nitrogen and oxygen atoms in total. The lowest BCUT2D eigenvalue weighted by Crippen LogP contribution is -2.49. The Labute approximate surface area is 108 Å². The van der Waals surface area contributed by atoms with Crippen LogP contribution in [0.25, 0.3) is 11.0 Å². The van der Waals surface area contributed by atoms with Gasteiger partial charge in [0.05, 0.1) is 0 Å². The Kier molecular flexibility index (Phi) is 1.99. The van der Waals surface area contributed by atoms with Crippen LogP contribution in [-0.4, -0.2) is 21.0 Å². The van der Waals surface area contributed by atoms with E-state index in [1.165, 1.54) is 0 Å². The number of nitrogens with zero attached hydrogens (tertiary/aromatic N) is 5. The van der Waals surface area contributed by atoms with Crippen molar-refractivity contribution in [2.45, 2.75) is 0 Å². The first-order chi connectivity index (χ1) is 9.43. The maximum Gasteiger partial charge on any atom is 0.158 e. The Morgan fingerprint density at radius 3 is 2.89 bits per heavy atom. The lowest BCUT2D eigenvalue weighted by atomic mass is 10.3. The van der Waals surface area contributed by atoms with E-state index in [4.69, 9.17) is 0 Å². The highest BCUT2D eigenvalue weighted by atomic mass is 16.0. The molecular weight excluding hydrogens is 242 g/mol. The second-order valence-corrected chi connectivity index (χ2v) is 4.11. The summed E-state index contributed by atoms with van der Waals surface area (Å²) in [6.07, 6.45) is 9.25. The van der Waals surface area contributed by atoms with Gasteiger partial charge in [0, 0.05) is 30.2 Å². The molecule has 0 unspecified atom stereocenters. The second kappa shape index (κ2) is 3.77. The normalized spacial score (nSPS) is 14.3. The van der Waals surface area contributed by atoms with E-state index in [1.54, 1.807) is 12.5 Å². The smallest absolute Gasteiger partial charge is 0.158 e. The fraction of sp³-hybridized carbons (Fsp3) is 0. The number of rotatable bonds is 2. The van der Waals surface area contributed by atoms with E-state index in [0.717, 1.165) is 16.7 Å². The highest BCUT2D eigenvalue weighted by Gasteiger charge is 2.22. The molecule has 3 aromatic rings. The topological polar surface area (TPSA) is 64.5 Å². The van der Waals surface area contributed by atoms with Crippen LogP contribution in [-0.2, 0) is 0 Å². The predicted molar refractivity (Wildman–Crippen MR) is 72.8 cm³/mol. The molecule has 4 rings (SSSR count). The van der Waals surface area contributed by atoms with Crippen molar-refractivity contribution < 1.29 is 0 Å². The Morgan fingerprint density at radius 2 is 2.00 bits per heavy atom. The molecule has 0 saturated heterocycles. The molecule has 0 aromatic carbocycles. The molecule has 0 atom stereocenters. The molecule has 94 valence electrons. The van der Waals surface area contributed by atoms with Crippen molar-refractivity contribution in [1.82, 2.24) is 20.2 Å². The molecule has 1 aliphatic rings. The van der Waals surface area contributed by atoms with Crippen LogP contribution in [0, 0.1) is 0 Å². The molecule has 0 aliphatic carbocycles. The number of fused-ring (bicyclic) bond motifs is 1. The minimum absolute atomic E-state index is 0.846. The summed E-state index contributed by atoms with van der Waals surface area (Å²) in [7, 11) is 0. The number of H-pyrrole nitrogens is 1. The molecule has 19 heavy (non-hydrogen) atoms. The lowest BCUT2D eigenvalue weighted by Gasteiger charge is -2.27. The van der Waals surface area contributed by atoms with Crippen LogP contribution in [0.4, 0.5) is 5.69 Å². The first kappa shape index (κ1) is 10.0. The number of hydrogen-bond donors (Lipinski definition) is 2. The average Bonchev–Trinajstić information content (AvgIpc) is 3.17. The molecule has 0 saturated carbocycles. The highest BCUT2D eigenvalue weighted by molar-refractivity contribution is 5.92. The molecule has 2 N–H and O–H groups in total. The van der Waals surface area contributed by atoms with E-state index < -0.39 is 0 Å². The minimum atomic E-state index is 0.846. The molecular formula is C12H11N7. The van der Waals surface area contributed by atoms with Crippen LogP contribution >= 0.6 is 0 Å². The van der Waals surface area contributed by atoms with Gasteiger partial charge in [-0.25, -0.2) is 9.66 Å². The van der Waals surface area contributed by atoms with Gasteiger partial charge in [-0.2, -0.15) is 15.8 Å². The Balaban J connectivity index is 1.80. The number of hydrazine groups is 2. The first-order valence-corrected chi connectivity index (χ1v) is 5.87. The van der Waals surface area contributed by atoms with E-state index in [0.29, 0.717) is 0 Å². The third-order valence-electron chi connectivity index (χ3n) is 3.00. The fourth-order valence-corrected chi connectivity index (χ4v) is 2.14. The van der Waals surface area contributed by atoms with Gasteiger partial charge in [-0.3, -0.25) is 0 Å². The van der Waals surface area contributed by atoms with E-state index in [2.05, 4.69) is 20.6 Å². The molecule has 0 amide bonds. The quantitative estimate of drug-likeness (QED) is 0.720. The maximum atomic E-state index is 4.28. The number of pyridine rings is 1. The molecule has 1 aliphatic heterocycles. The summed E-state index contributed by atoms with van der Waals surface area (Å²) >= 11 is 0. The summed E-state index contributed by atoms with van der Waals surface area (Å²) in [5.74, 6) is 0. The summed E-state index contributed by atoms with van der Waals surface area (Å²) in [5, 5.41) is 8.80. The van der Waals surface area contributed by atoms with Gasteiger partial charge in [0.25, 0.3) is 0 Å². The third kappa shape index (κ3) is 1.45. The van der Waals surface area contributed by atoms with Gasteiger partial charge in [0.2, 0.25) is 0 Å². The van der Waals surface area contributed by atoms with Gasteiger partial charge in [-0.15, -0.1) is 5.10 Å². The zero-order valence-corrected chi connectivity index (χ0v) is 9.93. The number of hydrogen-bond acceptors (Lipinski definition) is 5. The van der Waals surface area contributed by atoms with Crippen LogP contribution in [0.3, 0.4) is 0 Å². The number of hydrazone groups is 1. The van der Waals surface area contributed by atoms with Crippen LogP contribution < -0.4 is 15.8 Å². The number of anilines is 1. The summed E-state index contributed by atoms with van der Waals surface area (Å²) in [6, 6.07) is 7.85. The summed E-state index contributed by atoms with van der Waals surface area (Å²) < 4.78 is 1.92. The molecule has 4 heterocycles. The zero-order chi connectivity index (χ0) is 12.7. The predicted octanol–water partition coefficient (Wildman–Crippen LogP) is 1.19. The largest absolute Gasteiger partial charge is 0.344 e. The SMILES string of the molecule is C1=NNN(c2c[nH]c3ncccc23)N1n1cccc1. The Hall–Kier alpha value is -2.96. The number of nitrogens with one attached hydrogen (secondary N) is 2. The number of aromatic nitrogens is 3. The van der Waals surface area contributed by atoms with Crippen LogP contribution in [0.15, 0.2) is 54.2 Å². The summed E-state index contributed by atoms with van der Waals surface area (Å²) in [6.45, 7) is 0. The highest BCUT2D eigenvalue weighted by Crippen LogP contribution is 2.25. The third-order valence-corrected chi connectivity index (χ3v) is 3.00. The molecule has 3 aromatic heterocycles. The standard InChI is InChI=1S/C12H11N7/c1-2-7-17(6-1)18-9-15-16-19(18)11-8-14-12-10(11)4-3-5-13-12/h1-9,16H,(H,13,14). The Morgan fingerprint density at radius 1 is 1.11 bits per heavy atom. The van der Waals surface area contributed by atoms with Crippen LogP contribution in [0.5, 0.6) is 0 Å². The Bertz CT molecular complexity index is 727. The van der Waals surface area contributed by atoms with Gasteiger partial charge in [-0.1, -0.05) is 0 Å². The van der Waals surface area contributed by atoms with E-state index in [-0.39, 0.29) is 0 Å². The summed E-state index contributed by atoms with van der Waals surface area (Å²) in [4.78, 5) is 7.43. The lowest BCUT2D eigenvalue weighted by molar-refractivity contribution is 0.624. The molecule has 0 bridgehead atoms. The van der Waals surface area contributed by atoms with Crippen molar-refractivity contribution in [2.24, 2.45) is 5.10 Å². The van der Waals surface area contributed by atoms with Crippen molar-refractivity contribution in [2.75, 3.05) is 10.2 Å². The zero-order valence-electron chi connectivity index (χ0n) is 9.93.